The van der Waals surface area contributed by atoms with Crippen LogP contribution in [0.1, 0.15) is 5.56 Å². The Morgan fingerprint density at radius 3 is 2.81 bits per heavy atom. The summed E-state index contributed by atoms with van der Waals surface area (Å²) in [4.78, 5) is 0. The molecule has 0 radical (unpaired) electrons. The fraction of sp³-hybridized carbons (Fsp3) is 0.300. The molecule has 0 aliphatic carbocycles. The number of nitrogens with zero attached hydrogens (tertiary/aromatic N) is 1. The van der Waals surface area contributed by atoms with Crippen molar-refractivity contribution in [2.24, 2.45) is 0 Å². The van der Waals surface area contributed by atoms with E-state index in [2.05, 4.69) is 27.9 Å². The van der Waals surface area contributed by atoms with Crippen molar-refractivity contribution < 1.29 is 5.11 Å². The fourth-order valence-corrected chi connectivity index (χ4v) is 2.02. The summed E-state index contributed by atoms with van der Waals surface area (Å²) in [7, 11) is 0. The van der Waals surface area contributed by atoms with Crippen molar-refractivity contribution in [1.29, 1.82) is 5.26 Å². The molecule has 0 saturated heterocycles. The molecule has 1 rings (SSSR count). The molecular weight excluding hydrogens is 362 g/mol. The lowest BCUT2D eigenvalue weighted by molar-refractivity contribution is 0.211. The molecule has 0 aliphatic rings. The second-order valence-electron chi connectivity index (χ2n) is 3.11. The van der Waals surface area contributed by atoms with Gasteiger partial charge in [0.1, 0.15) is 6.07 Å². The van der Waals surface area contributed by atoms with Gasteiger partial charge in [-0.1, -0.05) is 11.6 Å². The molecule has 16 heavy (non-hydrogen) atoms. The van der Waals surface area contributed by atoms with E-state index in [-0.39, 0.29) is 5.88 Å². The van der Waals surface area contributed by atoms with E-state index in [1.165, 1.54) is 0 Å². The van der Waals surface area contributed by atoms with E-state index < -0.39 is 6.10 Å². The summed E-state index contributed by atoms with van der Waals surface area (Å²) in [6.07, 6.45) is -0.605. The Labute approximate surface area is 117 Å². The van der Waals surface area contributed by atoms with E-state index in [4.69, 9.17) is 28.5 Å². The standard InChI is InChI=1S/C10H9Cl2IN2O/c11-3-7(16)5-15-10-2-8(12)6(4-14)1-9(10)13/h1-2,7,15-16H,3,5H2. The van der Waals surface area contributed by atoms with Gasteiger partial charge in [-0.05, 0) is 34.7 Å². The molecule has 1 aromatic carbocycles. The van der Waals surface area contributed by atoms with E-state index in [0.717, 1.165) is 9.26 Å². The van der Waals surface area contributed by atoms with Gasteiger partial charge in [-0.15, -0.1) is 11.6 Å². The molecule has 0 spiro atoms. The molecule has 1 atom stereocenters. The van der Waals surface area contributed by atoms with E-state index in [9.17, 15) is 5.11 Å². The third-order valence-electron chi connectivity index (χ3n) is 1.88. The number of anilines is 1. The quantitative estimate of drug-likeness (QED) is 0.633. The highest BCUT2D eigenvalue weighted by molar-refractivity contribution is 14.1. The number of nitriles is 1. The fourth-order valence-electron chi connectivity index (χ4n) is 1.05. The van der Waals surface area contributed by atoms with Crippen LogP contribution in [0.3, 0.4) is 0 Å². The van der Waals surface area contributed by atoms with Crippen molar-refractivity contribution in [3.8, 4) is 6.07 Å². The molecule has 1 aromatic rings. The molecular formula is C10H9Cl2IN2O. The van der Waals surface area contributed by atoms with Crippen LogP contribution in [0.4, 0.5) is 5.69 Å². The minimum Gasteiger partial charge on any atom is -0.390 e. The van der Waals surface area contributed by atoms with Gasteiger partial charge in [0.2, 0.25) is 0 Å². The van der Waals surface area contributed by atoms with E-state index in [1.54, 1.807) is 12.1 Å². The van der Waals surface area contributed by atoms with Gasteiger partial charge in [0.15, 0.2) is 0 Å². The van der Waals surface area contributed by atoms with Crippen LogP contribution in [-0.2, 0) is 0 Å². The highest BCUT2D eigenvalue weighted by Gasteiger charge is 2.08. The molecule has 0 amide bonds. The topological polar surface area (TPSA) is 56.0 Å². The Morgan fingerprint density at radius 1 is 1.56 bits per heavy atom. The minimum absolute atomic E-state index is 0.174. The summed E-state index contributed by atoms with van der Waals surface area (Å²) in [5.41, 5.74) is 1.23. The maximum Gasteiger partial charge on any atom is 0.101 e. The van der Waals surface area contributed by atoms with E-state index >= 15 is 0 Å². The number of hydrogen-bond donors (Lipinski definition) is 2. The zero-order valence-corrected chi connectivity index (χ0v) is 11.8. The average molecular weight is 371 g/mol. The predicted molar refractivity (Wildman–Crippen MR) is 74.1 cm³/mol. The third kappa shape index (κ3) is 3.67. The Bertz CT molecular complexity index is 420. The zero-order chi connectivity index (χ0) is 12.1. The number of alkyl halides is 1. The van der Waals surface area contributed by atoms with Crippen molar-refractivity contribution in [2.75, 3.05) is 17.7 Å². The van der Waals surface area contributed by atoms with Gasteiger partial charge in [0.05, 0.1) is 22.6 Å². The minimum atomic E-state index is -0.605. The molecule has 86 valence electrons. The van der Waals surface area contributed by atoms with Crippen molar-refractivity contribution >= 4 is 51.5 Å². The molecule has 6 heteroatoms. The SMILES string of the molecule is N#Cc1cc(I)c(NCC(O)CCl)cc1Cl. The van der Waals surface area contributed by atoms with E-state index in [1.807, 2.05) is 6.07 Å². The number of benzene rings is 1. The monoisotopic (exact) mass is 370 g/mol. The summed E-state index contributed by atoms with van der Waals surface area (Å²) in [5.74, 6) is 0.174. The largest absolute Gasteiger partial charge is 0.390 e. The first kappa shape index (κ1) is 13.8. The van der Waals surface area contributed by atoms with Crippen LogP contribution in [0.5, 0.6) is 0 Å². The molecule has 0 fully saturated rings. The van der Waals surface area contributed by atoms with Crippen molar-refractivity contribution in [2.45, 2.75) is 6.10 Å². The number of halogens is 3. The van der Waals surface area contributed by atoms with Crippen LogP contribution in [0, 0.1) is 14.9 Å². The Kier molecular flexibility index (Phi) is 5.62. The lowest BCUT2D eigenvalue weighted by atomic mass is 10.2. The van der Waals surface area contributed by atoms with Crippen molar-refractivity contribution in [1.82, 2.24) is 0 Å². The Balaban J connectivity index is 2.82. The van der Waals surface area contributed by atoms with Crippen molar-refractivity contribution in [3.05, 3.63) is 26.3 Å². The molecule has 0 aromatic heterocycles. The van der Waals surface area contributed by atoms with Crippen LogP contribution in [0.25, 0.3) is 0 Å². The lowest BCUT2D eigenvalue weighted by Crippen LogP contribution is -2.21. The molecule has 1 unspecified atom stereocenters. The predicted octanol–water partition coefficient (Wildman–Crippen LogP) is 2.83. The molecule has 0 aliphatic heterocycles. The van der Waals surface area contributed by atoms with Crippen LogP contribution >= 0.6 is 45.8 Å². The molecule has 0 saturated carbocycles. The Hall–Kier alpha value is -0.220. The second kappa shape index (κ2) is 6.50. The van der Waals surface area contributed by atoms with Crippen molar-refractivity contribution in [3.63, 3.8) is 0 Å². The number of hydrogen-bond acceptors (Lipinski definition) is 3. The van der Waals surface area contributed by atoms with Gasteiger partial charge in [-0.2, -0.15) is 5.26 Å². The summed E-state index contributed by atoms with van der Waals surface area (Å²) >= 11 is 13.5. The molecule has 3 nitrogen and oxygen atoms in total. The van der Waals surface area contributed by atoms with Crippen LogP contribution in [0.2, 0.25) is 5.02 Å². The van der Waals surface area contributed by atoms with Crippen LogP contribution in [0.15, 0.2) is 12.1 Å². The Morgan fingerprint density at radius 2 is 2.25 bits per heavy atom. The van der Waals surface area contributed by atoms with Crippen LogP contribution in [-0.4, -0.2) is 23.6 Å². The highest BCUT2D eigenvalue weighted by atomic mass is 127. The highest BCUT2D eigenvalue weighted by Crippen LogP contribution is 2.26. The summed E-state index contributed by atoms with van der Waals surface area (Å²) < 4.78 is 0.875. The molecule has 0 heterocycles. The number of aliphatic hydroxyl groups is 1. The zero-order valence-electron chi connectivity index (χ0n) is 8.17. The van der Waals surface area contributed by atoms with Gasteiger partial charge in [0.25, 0.3) is 0 Å². The van der Waals surface area contributed by atoms with Gasteiger partial charge >= 0.3 is 0 Å². The maximum atomic E-state index is 9.30. The lowest BCUT2D eigenvalue weighted by Gasteiger charge is -2.12. The average Bonchev–Trinajstić information content (AvgIpc) is 2.29. The summed E-state index contributed by atoms with van der Waals surface area (Å²) in [5, 5.41) is 21.5. The van der Waals surface area contributed by atoms with Gasteiger partial charge in [-0.25, -0.2) is 0 Å². The van der Waals surface area contributed by atoms with Gasteiger partial charge in [-0.3, -0.25) is 0 Å². The maximum absolute atomic E-state index is 9.30. The summed E-state index contributed by atoms with van der Waals surface area (Å²) in [6, 6.07) is 5.37. The second-order valence-corrected chi connectivity index (χ2v) is 4.99. The first-order valence-electron chi connectivity index (χ1n) is 4.45. The van der Waals surface area contributed by atoms with Gasteiger partial charge in [0, 0.05) is 15.8 Å². The van der Waals surface area contributed by atoms with Gasteiger partial charge < -0.3 is 10.4 Å². The molecule has 2 N–H and O–H groups in total. The van der Waals surface area contributed by atoms with Crippen LogP contribution < -0.4 is 5.32 Å². The summed E-state index contributed by atoms with van der Waals surface area (Å²) in [6.45, 7) is 0.349. The molecule has 0 bridgehead atoms. The number of rotatable bonds is 4. The first-order valence-corrected chi connectivity index (χ1v) is 6.44. The van der Waals surface area contributed by atoms with E-state index in [0.29, 0.717) is 17.1 Å². The normalized spacial score (nSPS) is 11.9. The first-order chi connectivity index (χ1) is 7.58. The third-order valence-corrected chi connectivity index (χ3v) is 3.44. The number of aliphatic hydroxyl groups excluding tert-OH is 1. The smallest absolute Gasteiger partial charge is 0.101 e. The number of nitrogens with one attached hydrogen (secondary N) is 1.